The summed E-state index contributed by atoms with van der Waals surface area (Å²) in [5.74, 6) is -2.00. The van der Waals surface area contributed by atoms with Gasteiger partial charge in [-0.15, -0.1) is 0 Å². The molecular weight excluding hydrogens is 386 g/mol. The number of carbonyl (C=O) groups excluding carboxylic acids is 1. The van der Waals surface area contributed by atoms with E-state index in [4.69, 9.17) is 5.11 Å². The zero-order valence-corrected chi connectivity index (χ0v) is 17.5. The minimum absolute atomic E-state index is 0.0920. The van der Waals surface area contributed by atoms with Crippen LogP contribution in [0, 0.1) is 5.92 Å². The lowest BCUT2D eigenvalue weighted by atomic mass is 10.00. The van der Waals surface area contributed by atoms with Crippen molar-refractivity contribution >= 4 is 17.8 Å². The first-order valence-electron chi connectivity index (χ1n) is 10.1. The number of allylic oxidation sites excluding steroid dienone is 3. The third kappa shape index (κ3) is 11.0. The number of phenolic OH excluding ortho intramolecular Hbond substituents is 1. The van der Waals surface area contributed by atoms with Crippen LogP contribution < -0.4 is 5.32 Å². The van der Waals surface area contributed by atoms with Crippen molar-refractivity contribution in [2.45, 2.75) is 58.4 Å². The molecule has 0 bridgehead atoms. The van der Waals surface area contributed by atoms with Crippen LogP contribution in [0.25, 0.3) is 0 Å². The molecule has 1 aromatic carbocycles. The third-order valence-corrected chi connectivity index (χ3v) is 4.59. The van der Waals surface area contributed by atoms with Crippen molar-refractivity contribution in [3.63, 3.8) is 0 Å². The largest absolute Gasteiger partial charge is 0.508 e. The summed E-state index contributed by atoms with van der Waals surface area (Å²) in [4.78, 5) is 34.0. The number of carboxylic acids is 2. The van der Waals surface area contributed by atoms with Gasteiger partial charge in [-0.1, -0.05) is 49.6 Å². The van der Waals surface area contributed by atoms with Gasteiger partial charge in [-0.25, -0.2) is 4.79 Å². The molecule has 0 saturated heterocycles. The molecule has 0 radical (unpaired) electrons. The molecule has 7 heteroatoms. The average molecular weight is 418 g/mol. The second kappa shape index (κ2) is 13.2. The van der Waals surface area contributed by atoms with Gasteiger partial charge in [0.1, 0.15) is 11.8 Å². The topological polar surface area (TPSA) is 124 Å². The van der Waals surface area contributed by atoms with Crippen molar-refractivity contribution in [1.82, 2.24) is 5.32 Å². The first-order chi connectivity index (χ1) is 14.2. The molecule has 0 aliphatic heterocycles. The molecule has 4 N–H and O–H groups in total. The maximum absolute atomic E-state index is 12.1. The molecule has 1 rings (SSSR count). The van der Waals surface area contributed by atoms with Gasteiger partial charge in [0.05, 0.1) is 0 Å². The van der Waals surface area contributed by atoms with E-state index < -0.39 is 23.9 Å². The number of carbonyl (C=O) groups is 3. The number of amides is 1. The third-order valence-electron chi connectivity index (χ3n) is 4.59. The Morgan fingerprint density at radius 2 is 1.70 bits per heavy atom. The van der Waals surface area contributed by atoms with Crippen molar-refractivity contribution in [3.05, 3.63) is 53.6 Å². The Morgan fingerprint density at radius 1 is 1.03 bits per heavy atom. The summed E-state index contributed by atoms with van der Waals surface area (Å²) in [5, 5.41) is 29.8. The number of benzene rings is 1. The quantitative estimate of drug-likeness (QED) is 0.220. The first kappa shape index (κ1) is 24.9. The van der Waals surface area contributed by atoms with E-state index in [0.29, 0.717) is 17.9 Å². The van der Waals surface area contributed by atoms with E-state index in [1.54, 1.807) is 18.2 Å². The SMILES string of the molecule is CC(/C=C/C(=O)NC(Cc1ccc(O)cc1)C(=O)O)=C\[C@H](C)CCCCCC(=O)O. The van der Waals surface area contributed by atoms with Gasteiger partial charge >= 0.3 is 11.9 Å². The van der Waals surface area contributed by atoms with Gasteiger partial charge in [0.2, 0.25) is 5.91 Å². The van der Waals surface area contributed by atoms with Crippen molar-refractivity contribution in [2.75, 3.05) is 0 Å². The molecule has 30 heavy (non-hydrogen) atoms. The predicted octanol–water partition coefficient (Wildman–Crippen LogP) is 3.68. The van der Waals surface area contributed by atoms with Crippen molar-refractivity contribution in [1.29, 1.82) is 0 Å². The number of nitrogens with one attached hydrogen (secondary N) is 1. The van der Waals surface area contributed by atoms with E-state index in [1.165, 1.54) is 18.2 Å². The molecule has 0 saturated carbocycles. The summed E-state index contributed by atoms with van der Waals surface area (Å²) >= 11 is 0. The Hall–Kier alpha value is -3.09. The second-order valence-corrected chi connectivity index (χ2v) is 7.48. The fourth-order valence-electron chi connectivity index (χ4n) is 3.00. The summed E-state index contributed by atoms with van der Waals surface area (Å²) < 4.78 is 0. The van der Waals surface area contributed by atoms with Crippen molar-refractivity contribution < 1.29 is 29.7 Å². The zero-order valence-electron chi connectivity index (χ0n) is 17.5. The number of carboxylic acid groups (broad SMARTS) is 2. The number of hydrogen-bond donors (Lipinski definition) is 4. The van der Waals surface area contributed by atoms with Gasteiger partial charge in [-0.3, -0.25) is 9.59 Å². The maximum Gasteiger partial charge on any atom is 0.326 e. The molecule has 0 aliphatic rings. The summed E-state index contributed by atoms with van der Waals surface area (Å²) in [6.07, 6.45) is 8.75. The predicted molar refractivity (Wildman–Crippen MR) is 114 cm³/mol. The van der Waals surface area contributed by atoms with Crippen LogP contribution >= 0.6 is 0 Å². The number of rotatable bonds is 13. The molecule has 1 amide bonds. The van der Waals surface area contributed by atoms with E-state index >= 15 is 0 Å². The highest BCUT2D eigenvalue weighted by Crippen LogP contribution is 2.14. The minimum atomic E-state index is -1.13. The van der Waals surface area contributed by atoms with Gasteiger partial charge in [0.15, 0.2) is 0 Å². The van der Waals surface area contributed by atoms with E-state index in [2.05, 4.69) is 12.2 Å². The highest BCUT2D eigenvalue weighted by molar-refractivity contribution is 5.91. The highest BCUT2D eigenvalue weighted by atomic mass is 16.4. The first-order valence-corrected chi connectivity index (χ1v) is 10.1. The molecule has 1 aromatic rings. The number of unbranched alkanes of at least 4 members (excludes halogenated alkanes) is 2. The summed E-state index contributed by atoms with van der Waals surface area (Å²) in [5.41, 5.74) is 1.59. The zero-order chi connectivity index (χ0) is 22.5. The minimum Gasteiger partial charge on any atom is -0.508 e. The van der Waals surface area contributed by atoms with Crippen molar-refractivity contribution in [3.8, 4) is 5.75 Å². The average Bonchev–Trinajstić information content (AvgIpc) is 2.67. The lowest BCUT2D eigenvalue weighted by Crippen LogP contribution is -2.41. The highest BCUT2D eigenvalue weighted by Gasteiger charge is 2.19. The number of aliphatic carboxylic acids is 2. The molecule has 0 spiro atoms. The Bertz CT molecular complexity index is 766. The van der Waals surface area contributed by atoms with E-state index in [1.807, 2.05) is 13.0 Å². The Balaban J connectivity index is 2.49. The van der Waals surface area contributed by atoms with Crippen LogP contribution in [0.3, 0.4) is 0 Å². The fourth-order valence-corrected chi connectivity index (χ4v) is 3.00. The summed E-state index contributed by atoms with van der Waals surface area (Å²) in [6, 6.07) is 5.10. The van der Waals surface area contributed by atoms with Crippen LogP contribution in [0.5, 0.6) is 5.75 Å². The lowest BCUT2D eigenvalue weighted by molar-refractivity contribution is -0.141. The maximum atomic E-state index is 12.1. The summed E-state index contributed by atoms with van der Waals surface area (Å²) in [7, 11) is 0. The standard InChI is InChI=1S/C23H31NO6/c1-16(6-4-3-5-7-22(27)28)14-17(2)8-13-21(26)24-20(23(29)30)15-18-9-11-19(25)12-10-18/h8-14,16,20,25H,3-7,15H2,1-2H3,(H,24,26)(H,27,28)(H,29,30)/b13-8+,17-14+/t16-,20?/m1/s1. The van der Waals surface area contributed by atoms with Gasteiger partial charge in [-0.05, 0) is 43.4 Å². The lowest BCUT2D eigenvalue weighted by Gasteiger charge is -2.13. The van der Waals surface area contributed by atoms with Crippen LogP contribution in [-0.2, 0) is 20.8 Å². The van der Waals surface area contributed by atoms with Crippen LogP contribution in [0.2, 0.25) is 0 Å². The molecule has 0 aromatic heterocycles. The van der Waals surface area contributed by atoms with E-state index in [9.17, 15) is 24.6 Å². The Kier molecular flexibility index (Phi) is 11.0. The molecular formula is C23H31NO6. The van der Waals surface area contributed by atoms with Gasteiger partial charge in [0, 0.05) is 18.9 Å². The number of aromatic hydroxyl groups is 1. The molecule has 0 fully saturated rings. The number of hydrogen-bond acceptors (Lipinski definition) is 4. The monoisotopic (exact) mass is 417 g/mol. The van der Waals surface area contributed by atoms with Crippen LogP contribution in [0.15, 0.2) is 48.1 Å². The summed E-state index contributed by atoms with van der Waals surface area (Å²) in [6.45, 7) is 3.93. The Labute approximate surface area is 177 Å². The molecule has 164 valence electrons. The Morgan fingerprint density at radius 3 is 2.30 bits per heavy atom. The fraction of sp³-hybridized carbons (Fsp3) is 0.435. The molecule has 7 nitrogen and oxygen atoms in total. The molecule has 0 heterocycles. The van der Waals surface area contributed by atoms with E-state index in [0.717, 1.165) is 24.8 Å². The molecule has 0 aliphatic carbocycles. The van der Waals surface area contributed by atoms with Gasteiger partial charge < -0.3 is 20.6 Å². The van der Waals surface area contributed by atoms with Gasteiger partial charge in [-0.2, -0.15) is 0 Å². The van der Waals surface area contributed by atoms with Gasteiger partial charge in [0.25, 0.3) is 0 Å². The van der Waals surface area contributed by atoms with E-state index in [-0.39, 0.29) is 18.6 Å². The number of phenols is 1. The normalized spacial score (nSPS) is 13.7. The van der Waals surface area contributed by atoms with Crippen molar-refractivity contribution in [2.24, 2.45) is 5.92 Å². The smallest absolute Gasteiger partial charge is 0.326 e. The van der Waals surface area contributed by atoms with Crippen LogP contribution in [-0.4, -0.2) is 39.2 Å². The van der Waals surface area contributed by atoms with Crippen LogP contribution in [0.4, 0.5) is 0 Å². The molecule has 2 atom stereocenters. The van der Waals surface area contributed by atoms with Crippen LogP contribution in [0.1, 0.15) is 51.5 Å². The second-order valence-electron chi connectivity index (χ2n) is 7.48. The molecule has 1 unspecified atom stereocenters.